The molecule has 4 bridgehead atoms. The van der Waals surface area contributed by atoms with Gasteiger partial charge in [0.25, 0.3) is 6.02 Å². The molecule has 5 rings (SSSR count). The van der Waals surface area contributed by atoms with E-state index in [0.29, 0.717) is 18.5 Å². The Morgan fingerprint density at radius 1 is 1.24 bits per heavy atom. The van der Waals surface area contributed by atoms with Gasteiger partial charge in [0, 0.05) is 5.92 Å². The summed E-state index contributed by atoms with van der Waals surface area (Å²) in [6.45, 7) is 0.643. The van der Waals surface area contributed by atoms with Crippen molar-refractivity contribution in [3.8, 4) is 0 Å². The molecule has 0 amide bonds. The van der Waals surface area contributed by atoms with Crippen molar-refractivity contribution in [2.45, 2.75) is 43.8 Å². The maximum Gasteiger partial charge on any atom is 0.282 e. The quantitative estimate of drug-likeness (QED) is 0.710. The van der Waals surface area contributed by atoms with Crippen LogP contribution in [0.4, 0.5) is 0 Å². The normalized spacial score (nSPS) is 55.8. The Hall–Kier alpha value is -0.770. The van der Waals surface area contributed by atoms with Crippen LogP contribution < -0.4 is 5.73 Å². The highest BCUT2D eigenvalue weighted by Crippen LogP contribution is 2.59. The van der Waals surface area contributed by atoms with Crippen molar-refractivity contribution >= 4 is 6.02 Å². The first kappa shape index (κ1) is 10.2. The molecule has 1 heterocycles. The lowest BCUT2D eigenvalue weighted by atomic mass is 9.48. The molecule has 4 heteroatoms. The van der Waals surface area contributed by atoms with Crippen LogP contribution in [0.2, 0.25) is 0 Å². The highest BCUT2D eigenvalue weighted by atomic mass is 16.5. The Balaban J connectivity index is 1.63. The summed E-state index contributed by atoms with van der Waals surface area (Å²) >= 11 is 0. The molecule has 0 spiro atoms. The number of aliphatic imine (C=N–C) groups is 1. The molecule has 0 radical (unpaired) electrons. The molecule has 4 atom stereocenters. The zero-order valence-electron chi connectivity index (χ0n) is 10.0. The second kappa shape index (κ2) is 3.16. The number of ether oxygens (including phenoxy) is 1. The van der Waals surface area contributed by atoms with E-state index in [2.05, 4.69) is 4.99 Å². The fraction of sp³-hybridized carbons (Fsp3) is 0.923. The van der Waals surface area contributed by atoms with Crippen LogP contribution in [0.3, 0.4) is 0 Å². The Bertz CT molecular complexity index is 366. The van der Waals surface area contributed by atoms with Crippen LogP contribution in [0.5, 0.6) is 0 Å². The van der Waals surface area contributed by atoms with Crippen molar-refractivity contribution in [2.24, 2.45) is 34.4 Å². The first-order valence-electron chi connectivity index (χ1n) is 6.83. The highest BCUT2D eigenvalue weighted by Gasteiger charge is 2.59. The van der Waals surface area contributed by atoms with Gasteiger partial charge in [-0.2, -0.15) is 0 Å². The van der Waals surface area contributed by atoms with Crippen molar-refractivity contribution < 1.29 is 9.84 Å². The van der Waals surface area contributed by atoms with Crippen LogP contribution in [-0.4, -0.2) is 29.4 Å². The first-order chi connectivity index (χ1) is 8.14. The lowest BCUT2D eigenvalue weighted by molar-refractivity contribution is -0.194. The molecule has 94 valence electrons. The van der Waals surface area contributed by atoms with E-state index in [1.165, 1.54) is 19.3 Å². The average molecular weight is 236 g/mol. The molecule has 4 fully saturated rings. The minimum absolute atomic E-state index is 0.0324. The van der Waals surface area contributed by atoms with E-state index in [4.69, 9.17) is 10.5 Å². The number of rotatable bonds is 1. The summed E-state index contributed by atoms with van der Waals surface area (Å²) in [7, 11) is 0. The molecule has 0 aromatic heterocycles. The number of aliphatic hydroxyl groups is 1. The molecule has 1 aliphatic heterocycles. The van der Waals surface area contributed by atoms with Crippen LogP contribution >= 0.6 is 0 Å². The van der Waals surface area contributed by atoms with Crippen molar-refractivity contribution in [2.75, 3.05) is 6.54 Å². The number of amidine groups is 1. The molecule has 4 saturated carbocycles. The highest BCUT2D eigenvalue weighted by molar-refractivity contribution is 5.73. The van der Waals surface area contributed by atoms with Crippen molar-refractivity contribution in [1.29, 1.82) is 0 Å². The second-order valence-corrected chi connectivity index (χ2v) is 6.57. The molecular formula is C13H20N2O2. The van der Waals surface area contributed by atoms with Gasteiger partial charge in [0.1, 0.15) is 6.10 Å². The molecule has 17 heavy (non-hydrogen) atoms. The van der Waals surface area contributed by atoms with Gasteiger partial charge in [-0.25, -0.2) is 4.99 Å². The number of hydrogen-bond acceptors (Lipinski definition) is 4. The molecule has 4 nitrogen and oxygen atoms in total. The zero-order valence-corrected chi connectivity index (χ0v) is 10.0. The summed E-state index contributed by atoms with van der Waals surface area (Å²) in [6.07, 6.45) is 5.89. The zero-order chi connectivity index (χ0) is 11.6. The molecule has 5 aliphatic rings. The number of nitrogens with zero attached hydrogens (tertiary/aromatic N) is 1. The fourth-order valence-corrected chi connectivity index (χ4v) is 5.28. The van der Waals surface area contributed by atoms with Gasteiger partial charge in [0.15, 0.2) is 0 Å². The van der Waals surface area contributed by atoms with Gasteiger partial charge in [0.2, 0.25) is 0 Å². The number of hydrogen-bond donors (Lipinski definition) is 2. The van der Waals surface area contributed by atoms with Gasteiger partial charge < -0.3 is 15.6 Å². The maximum absolute atomic E-state index is 10.9. The van der Waals surface area contributed by atoms with Crippen molar-refractivity contribution in [3.05, 3.63) is 0 Å². The third-order valence-corrected chi connectivity index (χ3v) is 5.45. The van der Waals surface area contributed by atoms with Gasteiger partial charge in [-0.05, 0) is 49.9 Å². The predicted molar refractivity (Wildman–Crippen MR) is 63.4 cm³/mol. The summed E-state index contributed by atoms with van der Waals surface area (Å²) in [5.74, 6) is 2.42. The topological polar surface area (TPSA) is 67.8 Å². The molecule has 0 aromatic carbocycles. The van der Waals surface area contributed by atoms with Crippen LogP contribution in [0.1, 0.15) is 32.1 Å². The van der Waals surface area contributed by atoms with Gasteiger partial charge in [-0.1, -0.05) is 0 Å². The predicted octanol–water partition coefficient (Wildman–Crippen LogP) is 0.887. The first-order valence-corrected chi connectivity index (χ1v) is 6.83. The van der Waals surface area contributed by atoms with E-state index >= 15 is 0 Å². The monoisotopic (exact) mass is 236 g/mol. The van der Waals surface area contributed by atoms with E-state index in [-0.39, 0.29) is 12.0 Å². The maximum atomic E-state index is 10.9. The van der Waals surface area contributed by atoms with Crippen molar-refractivity contribution in [3.63, 3.8) is 0 Å². The fourth-order valence-electron chi connectivity index (χ4n) is 5.28. The van der Waals surface area contributed by atoms with Crippen LogP contribution in [-0.2, 0) is 4.74 Å². The van der Waals surface area contributed by atoms with Gasteiger partial charge >= 0.3 is 0 Å². The van der Waals surface area contributed by atoms with E-state index in [1.54, 1.807) is 0 Å². The average Bonchev–Trinajstić information content (AvgIpc) is 2.61. The van der Waals surface area contributed by atoms with Crippen LogP contribution in [0.15, 0.2) is 4.99 Å². The van der Waals surface area contributed by atoms with Gasteiger partial charge in [-0.3, -0.25) is 0 Å². The largest absolute Gasteiger partial charge is 0.460 e. The van der Waals surface area contributed by atoms with Crippen LogP contribution in [0.25, 0.3) is 0 Å². The lowest BCUT2D eigenvalue weighted by Crippen LogP contribution is -2.61. The summed E-state index contributed by atoms with van der Waals surface area (Å²) in [6, 6.07) is 0.312. The summed E-state index contributed by atoms with van der Waals surface area (Å²) < 4.78 is 5.62. The molecule has 4 unspecified atom stereocenters. The molecule has 4 aliphatic carbocycles. The van der Waals surface area contributed by atoms with E-state index in [0.717, 1.165) is 24.7 Å². The number of nitrogens with two attached hydrogens (primary N) is 1. The summed E-state index contributed by atoms with van der Waals surface area (Å²) in [5, 5.41) is 10.9. The Morgan fingerprint density at radius 2 is 1.94 bits per heavy atom. The smallest absolute Gasteiger partial charge is 0.282 e. The summed E-state index contributed by atoms with van der Waals surface area (Å²) in [5.41, 5.74) is 5.12. The third-order valence-electron chi connectivity index (χ3n) is 5.45. The minimum atomic E-state index is -0.487. The lowest BCUT2D eigenvalue weighted by Gasteiger charge is -2.59. The standard InChI is InChI=1S/C13H20N2O2/c14-12-15-6-10(17-12)11-9-2-7-1-8(3-9)5-13(11,16)4-7/h7-11,16H,1-6H2,(H2,14,15). The summed E-state index contributed by atoms with van der Waals surface area (Å²) in [4.78, 5) is 4.14. The molecule has 0 saturated heterocycles. The second-order valence-electron chi connectivity index (χ2n) is 6.57. The van der Waals surface area contributed by atoms with E-state index < -0.39 is 5.60 Å². The van der Waals surface area contributed by atoms with Gasteiger partial charge in [0.05, 0.1) is 12.1 Å². The van der Waals surface area contributed by atoms with E-state index in [9.17, 15) is 5.11 Å². The SMILES string of the molecule is NC1=NCC(C2C3CC4CC(C3)CC2(O)C4)O1. The minimum Gasteiger partial charge on any atom is -0.460 e. The van der Waals surface area contributed by atoms with E-state index in [1.807, 2.05) is 0 Å². The Kier molecular flexibility index (Phi) is 1.89. The Labute approximate surface area is 101 Å². The Morgan fingerprint density at radius 3 is 2.47 bits per heavy atom. The molecule has 0 aromatic rings. The van der Waals surface area contributed by atoms with Gasteiger partial charge in [-0.15, -0.1) is 0 Å². The van der Waals surface area contributed by atoms with Crippen LogP contribution in [0, 0.1) is 23.7 Å². The molecular weight excluding hydrogens is 216 g/mol. The third kappa shape index (κ3) is 1.36. The molecule has 3 N–H and O–H groups in total. The van der Waals surface area contributed by atoms with Crippen molar-refractivity contribution in [1.82, 2.24) is 0 Å².